The summed E-state index contributed by atoms with van der Waals surface area (Å²) >= 11 is 5.93. The number of nitrogens with zero attached hydrogens (tertiary/aromatic N) is 1. The summed E-state index contributed by atoms with van der Waals surface area (Å²) in [5.41, 5.74) is 1.64. The van der Waals surface area contributed by atoms with E-state index in [1.54, 1.807) is 24.3 Å². The summed E-state index contributed by atoms with van der Waals surface area (Å²) in [4.78, 5) is 15.2. The van der Waals surface area contributed by atoms with Gasteiger partial charge in [0.2, 0.25) is 0 Å². The number of halogens is 2. The number of carbonyl (C=O) groups excluding carboxylic acids is 1. The molecule has 6 heteroatoms. The number of ether oxygens (including phenoxy) is 1. The van der Waals surface area contributed by atoms with Crippen molar-refractivity contribution < 1.29 is 9.53 Å². The molecule has 3 rings (SSSR count). The van der Waals surface area contributed by atoms with Crippen LogP contribution in [0.5, 0.6) is 0 Å². The maximum absolute atomic E-state index is 12.7. The fraction of sp³-hybridized carbons (Fsp3) is 0.458. The minimum absolute atomic E-state index is 0. The summed E-state index contributed by atoms with van der Waals surface area (Å²) in [6.45, 7) is 8.00. The summed E-state index contributed by atoms with van der Waals surface area (Å²) in [5, 5.41) is 3.73. The number of rotatable bonds is 8. The molecule has 1 fully saturated rings. The van der Waals surface area contributed by atoms with Crippen LogP contribution < -0.4 is 5.32 Å². The second kappa shape index (κ2) is 12.3. The van der Waals surface area contributed by atoms with E-state index in [0.717, 1.165) is 25.3 Å². The highest BCUT2D eigenvalue weighted by atomic mass is 35.5. The Labute approximate surface area is 191 Å². The molecule has 0 unspecified atom stereocenters. The Bertz CT molecular complexity index is 761. The Morgan fingerprint density at radius 3 is 2.33 bits per heavy atom. The van der Waals surface area contributed by atoms with Crippen LogP contribution >= 0.6 is 24.0 Å². The summed E-state index contributed by atoms with van der Waals surface area (Å²) in [7, 11) is 0. The van der Waals surface area contributed by atoms with Gasteiger partial charge in [0, 0.05) is 23.2 Å². The van der Waals surface area contributed by atoms with Crippen LogP contribution in [0.15, 0.2) is 54.6 Å². The van der Waals surface area contributed by atoms with Crippen molar-refractivity contribution in [3.05, 3.63) is 70.7 Å². The zero-order valence-electron chi connectivity index (χ0n) is 17.7. The third-order valence-corrected chi connectivity index (χ3v) is 5.88. The van der Waals surface area contributed by atoms with E-state index in [9.17, 15) is 4.79 Å². The predicted octanol–water partition coefficient (Wildman–Crippen LogP) is 5.37. The molecule has 164 valence electrons. The van der Waals surface area contributed by atoms with E-state index in [1.165, 1.54) is 12.8 Å². The van der Waals surface area contributed by atoms with Crippen molar-refractivity contribution in [2.45, 2.75) is 38.8 Å². The number of piperidine rings is 1. The quantitative estimate of drug-likeness (QED) is 0.587. The first-order chi connectivity index (χ1) is 14.0. The Hall–Kier alpha value is -1.59. The minimum atomic E-state index is -0.185. The molecule has 2 aromatic carbocycles. The van der Waals surface area contributed by atoms with Crippen molar-refractivity contribution >= 4 is 29.9 Å². The van der Waals surface area contributed by atoms with Crippen LogP contribution in [0.1, 0.15) is 48.7 Å². The van der Waals surface area contributed by atoms with E-state index < -0.39 is 0 Å². The minimum Gasteiger partial charge on any atom is -0.379 e. The van der Waals surface area contributed by atoms with Crippen LogP contribution in [0.3, 0.4) is 0 Å². The molecule has 0 radical (unpaired) electrons. The van der Waals surface area contributed by atoms with E-state index in [-0.39, 0.29) is 24.4 Å². The second-order valence-electron chi connectivity index (χ2n) is 8.05. The lowest BCUT2D eigenvalue weighted by Gasteiger charge is -2.34. The van der Waals surface area contributed by atoms with Gasteiger partial charge in [0.15, 0.2) is 0 Å². The molecule has 0 saturated carbocycles. The molecule has 1 heterocycles. The van der Waals surface area contributed by atoms with Crippen molar-refractivity contribution in [2.75, 3.05) is 26.3 Å². The van der Waals surface area contributed by atoms with Gasteiger partial charge in [-0.25, -0.2) is 0 Å². The van der Waals surface area contributed by atoms with Crippen molar-refractivity contribution in [3.63, 3.8) is 0 Å². The van der Waals surface area contributed by atoms with Crippen molar-refractivity contribution in [2.24, 2.45) is 5.92 Å². The van der Waals surface area contributed by atoms with Crippen LogP contribution in [0.25, 0.3) is 0 Å². The summed E-state index contributed by atoms with van der Waals surface area (Å²) in [6, 6.07) is 17.4. The van der Waals surface area contributed by atoms with Gasteiger partial charge < -0.3 is 15.0 Å². The first kappa shape index (κ1) is 24.7. The zero-order valence-corrected chi connectivity index (χ0v) is 19.3. The summed E-state index contributed by atoms with van der Waals surface area (Å²) in [5.74, 6) is 0.470. The van der Waals surface area contributed by atoms with E-state index in [0.29, 0.717) is 29.2 Å². The second-order valence-corrected chi connectivity index (χ2v) is 8.49. The molecule has 1 atom stereocenters. The number of nitrogens with one attached hydrogen (secondary N) is 1. The fourth-order valence-corrected chi connectivity index (χ4v) is 3.86. The standard InChI is InChI=1S/C24H31ClN2O2.ClH/c1-18(2)27-14-12-19(13-15-27)16-29-17-23(20-6-4-3-5-7-20)26-24(28)21-8-10-22(25)11-9-21;/h3-11,18-19,23H,12-17H2,1-2H3,(H,26,28);1H/t23-;/m0./s1. The maximum Gasteiger partial charge on any atom is 0.251 e. The number of likely N-dealkylation sites (tertiary alicyclic amines) is 1. The number of amides is 1. The summed E-state index contributed by atoms with van der Waals surface area (Å²) < 4.78 is 6.09. The molecular weight excluding hydrogens is 419 g/mol. The number of hydrogen-bond acceptors (Lipinski definition) is 3. The van der Waals surface area contributed by atoms with E-state index >= 15 is 0 Å². The lowest BCUT2D eigenvalue weighted by atomic mass is 9.97. The van der Waals surface area contributed by atoms with Gasteiger partial charge in [-0.3, -0.25) is 4.79 Å². The number of benzene rings is 2. The Morgan fingerprint density at radius 2 is 1.73 bits per heavy atom. The third kappa shape index (κ3) is 7.28. The highest BCUT2D eigenvalue weighted by Crippen LogP contribution is 2.21. The fourth-order valence-electron chi connectivity index (χ4n) is 3.74. The molecule has 0 aliphatic carbocycles. The topological polar surface area (TPSA) is 41.6 Å². The molecule has 0 bridgehead atoms. The SMILES string of the molecule is CC(C)N1CCC(COC[C@H](NC(=O)c2ccc(Cl)cc2)c2ccccc2)CC1.Cl. The molecule has 1 N–H and O–H groups in total. The highest BCUT2D eigenvalue weighted by molar-refractivity contribution is 6.30. The maximum atomic E-state index is 12.7. The van der Waals surface area contributed by atoms with Crippen molar-refractivity contribution in [1.82, 2.24) is 10.2 Å². The van der Waals surface area contributed by atoms with Crippen LogP contribution in [-0.4, -0.2) is 43.2 Å². The van der Waals surface area contributed by atoms with Crippen molar-refractivity contribution in [3.8, 4) is 0 Å². The van der Waals surface area contributed by atoms with Gasteiger partial charge in [-0.1, -0.05) is 41.9 Å². The predicted molar refractivity (Wildman–Crippen MR) is 126 cm³/mol. The Balaban J connectivity index is 0.00000320. The monoisotopic (exact) mass is 450 g/mol. The largest absolute Gasteiger partial charge is 0.379 e. The molecule has 0 aromatic heterocycles. The van der Waals surface area contributed by atoms with Gasteiger partial charge >= 0.3 is 0 Å². The smallest absolute Gasteiger partial charge is 0.251 e. The van der Waals surface area contributed by atoms with Crippen LogP contribution in [0.4, 0.5) is 0 Å². The first-order valence-corrected chi connectivity index (χ1v) is 10.8. The molecule has 1 amide bonds. The van der Waals surface area contributed by atoms with Crippen LogP contribution in [0, 0.1) is 5.92 Å². The molecule has 1 saturated heterocycles. The molecule has 1 aliphatic rings. The number of carbonyl (C=O) groups is 1. The molecule has 0 spiro atoms. The lowest BCUT2D eigenvalue weighted by molar-refractivity contribution is 0.0473. The molecular formula is C24H32Cl2N2O2. The van der Waals surface area contributed by atoms with E-state index in [1.807, 2.05) is 30.3 Å². The lowest BCUT2D eigenvalue weighted by Crippen LogP contribution is -2.39. The normalized spacial score (nSPS) is 16.1. The molecule has 2 aromatic rings. The number of hydrogen-bond donors (Lipinski definition) is 1. The van der Waals surface area contributed by atoms with Gasteiger partial charge in [-0.2, -0.15) is 0 Å². The van der Waals surface area contributed by atoms with E-state index in [2.05, 4.69) is 24.1 Å². The zero-order chi connectivity index (χ0) is 20.6. The van der Waals surface area contributed by atoms with Gasteiger partial charge in [0.25, 0.3) is 5.91 Å². The summed E-state index contributed by atoms with van der Waals surface area (Å²) in [6.07, 6.45) is 2.34. The van der Waals surface area contributed by atoms with Gasteiger partial charge in [-0.05, 0) is 75.5 Å². The highest BCUT2D eigenvalue weighted by Gasteiger charge is 2.22. The third-order valence-electron chi connectivity index (χ3n) is 5.63. The van der Waals surface area contributed by atoms with Crippen LogP contribution in [-0.2, 0) is 4.74 Å². The van der Waals surface area contributed by atoms with Gasteiger partial charge in [-0.15, -0.1) is 12.4 Å². The first-order valence-electron chi connectivity index (χ1n) is 10.5. The van der Waals surface area contributed by atoms with Gasteiger partial charge in [0.05, 0.1) is 12.6 Å². The van der Waals surface area contributed by atoms with Crippen LogP contribution in [0.2, 0.25) is 5.02 Å². The Kier molecular flexibility index (Phi) is 10.1. The average Bonchev–Trinajstić information content (AvgIpc) is 2.74. The molecule has 1 aliphatic heterocycles. The molecule has 4 nitrogen and oxygen atoms in total. The van der Waals surface area contributed by atoms with Crippen molar-refractivity contribution in [1.29, 1.82) is 0 Å². The molecule has 30 heavy (non-hydrogen) atoms. The Morgan fingerprint density at radius 1 is 1.10 bits per heavy atom. The van der Waals surface area contributed by atoms with E-state index in [4.69, 9.17) is 16.3 Å². The van der Waals surface area contributed by atoms with Gasteiger partial charge in [0.1, 0.15) is 0 Å². The average molecular weight is 451 g/mol.